The number of nitrogens with one attached hydrogen (secondary N) is 2. The van der Waals surface area contributed by atoms with E-state index in [2.05, 4.69) is 36.5 Å². The number of hydrogen-bond donors (Lipinski definition) is 3. The van der Waals surface area contributed by atoms with Crippen molar-refractivity contribution >= 4 is 28.7 Å². The molecule has 0 spiro atoms. The fourth-order valence-electron chi connectivity index (χ4n) is 3.69. The summed E-state index contributed by atoms with van der Waals surface area (Å²) in [6.07, 6.45) is 5.39. The van der Waals surface area contributed by atoms with E-state index < -0.39 is 5.91 Å². The van der Waals surface area contributed by atoms with Gasteiger partial charge in [-0.25, -0.2) is 4.52 Å². The molecule has 2 aromatic rings. The Morgan fingerprint density at radius 1 is 1.33 bits per heavy atom. The maximum absolute atomic E-state index is 12.0. The Morgan fingerprint density at radius 2 is 2.04 bits per heavy atom. The molecule has 3 rings (SSSR count). The summed E-state index contributed by atoms with van der Waals surface area (Å²) in [5.41, 5.74) is 8.10. The molecule has 2 heterocycles. The number of nitrogens with zero attached hydrogens (tertiary/aromatic N) is 2. The topological polar surface area (TPSA) is 102 Å². The van der Waals surface area contributed by atoms with E-state index in [9.17, 15) is 9.59 Å². The zero-order chi connectivity index (χ0) is 19.9. The molecule has 2 aromatic heterocycles. The molecule has 2 amide bonds. The van der Waals surface area contributed by atoms with Gasteiger partial charge in [0.15, 0.2) is 0 Å². The Morgan fingerprint density at radius 3 is 2.59 bits per heavy atom. The second-order valence-electron chi connectivity index (χ2n) is 8.50. The quantitative estimate of drug-likeness (QED) is 0.751. The fourth-order valence-corrected chi connectivity index (χ4v) is 3.69. The molecule has 7 heteroatoms. The van der Waals surface area contributed by atoms with Gasteiger partial charge < -0.3 is 16.4 Å². The van der Waals surface area contributed by atoms with Gasteiger partial charge in [0.25, 0.3) is 5.91 Å². The van der Waals surface area contributed by atoms with Gasteiger partial charge in [-0.1, -0.05) is 34.6 Å². The predicted molar refractivity (Wildman–Crippen MR) is 107 cm³/mol. The van der Waals surface area contributed by atoms with Gasteiger partial charge in [-0.2, -0.15) is 5.10 Å². The first kappa shape index (κ1) is 19.2. The van der Waals surface area contributed by atoms with Crippen molar-refractivity contribution in [2.45, 2.75) is 53.5 Å². The normalized spacial score (nSPS) is 21.6. The average Bonchev–Trinajstić information content (AvgIpc) is 3.10. The SMILES string of the molecule is CC(C)C(=O)Nc1cc2c(NC3CCC(C)C3(C)C)c(C(N)=O)cnn2c1. The molecule has 1 saturated carbocycles. The van der Waals surface area contributed by atoms with Crippen molar-refractivity contribution in [3.05, 3.63) is 24.0 Å². The molecule has 0 aromatic carbocycles. The van der Waals surface area contributed by atoms with Crippen LogP contribution in [0.2, 0.25) is 0 Å². The first-order valence-electron chi connectivity index (χ1n) is 9.49. The predicted octanol–water partition coefficient (Wildman–Crippen LogP) is 3.26. The van der Waals surface area contributed by atoms with Crippen LogP contribution in [-0.2, 0) is 4.79 Å². The highest BCUT2D eigenvalue weighted by Crippen LogP contribution is 2.44. The van der Waals surface area contributed by atoms with Crippen molar-refractivity contribution in [1.29, 1.82) is 0 Å². The molecule has 4 N–H and O–H groups in total. The van der Waals surface area contributed by atoms with E-state index in [-0.39, 0.29) is 23.3 Å². The zero-order valence-electron chi connectivity index (χ0n) is 16.7. The first-order valence-corrected chi connectivity index (χ1v) is 9.49. The third-order valence-corrected chi connectivity index (χ3v) is 6.07. The van der Waals surface area contributed by atoms with Crippen LogP contribution < -0.4 is 16.4 Å². The Kier molecular flexibility index (Phi) is 4.88. The minimum absolute atomic E-state index is 0.0682. The van der Waals surface area contributed by atoms with E-state index in [4.69, 9.17) is 5.73 Å². The molecule has 27 heavy (non-hydrogen) atoms. The minimum atomic E-state index is -0.523. The van der Waals surface area contributed by atoms with E-state index in [0.29, 0.717) is 22.9 Å². The second-order valence-corrected chi connectivity index (χ2v) is 8.50. The van der Waals surface area contributed by atoms with Gasteiger partial charge >= 0.3 is 0 Å². The van der Waals surface area contributed by atoms with Crippen molar-refractivity contribution in [3.8, 4) is 0 Å². The summed E-state index contributed by atoms with van der Waals surface area (Å²) >= 11 is 0. The van der Waals surface area contributed by atoms with E-state index in [1.807, 2.05) is 19.9 Å². The maximum Gasteiger partial charge on any atom is 0.252 e. The number of carbonyl (C=O) groups is 2. The van der Waals surface area contributed by atoms with Crippen molar-refractivity contribution in [3.63, 3.8) is 0 Å². The zero-order valence-corrected chi connectivity index (χ0v) is 16.7. The average molecular weight is 371 g/mol. The highest BCUT2D eigenvalue weighted by atomic mass is 16.2. The summed E-state index contributed by atoms with van der Waals surface area (Å²) < 4.78 is 1.66. The lowest BCUT2D eigenvalue weighted by Gasteiger charge is -2.33. The van der Waals surface area contributed by atoms with Crippen LogP contribution in [0.4, 0.5) is 11.4 Å². The van der Waals surface area contributed by atoms with Crippen LogP contribution in [0, 0.1) is 17.3 Å². The molecule has 7 nitrogen and oxygen atoms in total. The number of primary amides is 1. The summed E-state index contributed by atoms with van der Waals surface area (Å²) in [6, 6.07) is 2.05. The molecule has 1 fully saturated rings. The van der Waals surface area contributed by atoms with Gasteiger partial charge in [0.1, 0.15) is 0 Å². The summed E-state index contributed by atoms with van der Waals surface area (Å²) in [6.45, 7) is 10.4. The number of nitrogens with two attached hydrogens (primary N) is 1. The Balaban J connectivity index is 2.03. The highest BCUT2D eigenvalue weighted by molar-refractivity contribution is 6.03. The largest absolute Gasteiger partial charge is 0.379 e. The van der Waals surface area contributed by atoms with Crippen LogP contribution in [0.25, 0.3) is 5.52 Å². The molecule has 146 valence electrons. The molecule has 0 saturated heterocycles. The fraction of sp³-hybridized carbons (Fsp3) is 0.550. The summed E-state index contributed by atoms with van der Waals surface area (Å²) in [7, 11) is 0. The Bertz CT molecular complexity index is 884. The number of hydrogen-bond acceptors (Lipinski definition) is 4. The molecule has 2 unspecified atom stereocenters. The van der Waals surface area contributed by atoms with Gasteiger partial charge in [-0.3, -0.25) is 9.59 Å². The van der Waals surface area contributed by atoms with Gasteiger partial charge in [-0.05, 0) is 30.2 Å². The minimum Gasteiger partial charge on any atom is -0.379 e. The molecule has 1 aliphatic carbocycles. The Hall–Kier alpha value is -2.57. The summed E-state index contributed by atoms with van der Waals surface area (Å²) in [5, 5.41) is 10.7. The van der Waals surface area contributed by atoms with Crippen LogP contribution >= 0.6 is 0 Å². The van der Waals surface area contributed by atoms with E-state index >= 15 is 0 Å². The van der Waals surface area contributed by atoms with Crippen LogP contribution in [-0.4, -0.2) is 27.5 Å². The number of carbonyl (C=O) groups excluding carboxylic acids is 2. The van der Waals surface area contributed by atoms with E-state index in [1.165, 1.54) is 6.20 Å². The number of anilines is 2. The van der Waals surface area contributed by atoms with E-state index in [1.54, 1.807) is 10.7 Å². The highest BCUT2D eigenvalue weighted by Gasteiger charge is 2.41. The van der Waals surface area contributed by atoms with Gasteiger partial charge in [0.2, 0.25) is 5.91 Å². The molecule has 1 aliphatic rings. The lowest BCUT2D eigenvalue weighted by atomic mass is 9.80. The van der Waals surface area contributed by atoms with Gasteiger partial charge in [0, 0.05) is 12.0 Å². The third-order valence-electron chi connectivity index (χ3n) is 6.07. The molecule has 0 radical (unpaired) electrons. The summed E-state index contributed by atoms with van der Waals surface area (Å²) in [5.74, 6) is -0.135. The van der Waals surface area contributed by atoms with Crippen LogP contribution in [0.5, 0.6) is 0 Å². The number of aromatic nitrogens is 2. The molecule has 0 bridgehead atoms. The van der Waals surface area contributed by atoms with E-state index in [0.717, 1.165) is 18.4 Å². The standard InChI is InChI=1S/C20H29N5O2/c1-11(2)19(27)23-13-8-15-17(14(18(21)26)9-22-25(15)10-13)24-16-7-6-12(3)20(16,4)5/h8-12,16,24H,6-7H2,1-5H3,(H2,21,26)(H,23,27). The maximum atomic E-state index is 12.0. The summed E-state index contributed by atoms with van der Waals surface area (Å²) in [4.78, 5) is 24.0. The number of fused-ring (bicyclic) bond motifs is 1. The van der Waals surface area contributed by atoms with Gasteiger partial charge in [-0.15, -0.1) is 0 Å². The molecule has 0 aliphatic heterocycles. The first-order chi connectivity index (χ1) is 12.6. The van der Waals surface area contributed by atoms with Crippen molar-refractivity contribution < 1.29 is 9.59 Å². The third kappa shape index (κ3) is 3.50. The number of amides is 2. The van der Waals surface area contributed by atoms with Crippen LogP contribution in [0.1, 0.15) is 57.8 Å². The van der Waals surface area contributed by atoms with Crippen molar-refractivity contribution in [1.82, 2.24) is 9.61 Å². The number of rotatable bonds is 5. The van der Waals surface area contributed by atoms with Crippen LogP contribution in [0.3, 0.4) is 0 Å². The lowest BCUT2D eigenvalue weighted by molar-refractivity contribution is -0.118. The van der Waals surface area contributed by atoms with Crippen LogP contribution in [0.15, 0.2) is 18.5 Å². The monoisotopic (exact) mass is 371 g/mol. The van der Waals surface area contributed by atoms with Crippen molar-refractivity contribution in [2.75, 3.05) is 10.6 Å². The smallest absolute Gasteiger partial charge is 0.252 e. The molecular formula is C20H29N5O2. The second kappa shape index (κ2) is 6.87. The van der Waals surface area contributed by atoms with Crippen molar-refractivity contribution in [2.24, 2.45) is 23.0 Å². The van der Waals surface area contributed by atoms with Gasteiger partial charge in [0.05, 0.1) is 34.8 Å². The Labute approximate surface area is 159 Å². The lowest BCUT2D eigenvalue weighted by Crippen LogP contribution is -2.35. The molecular weight excluding hydrogens is 342 g/mol. The molecule has 2 atom stereocenters.